The predicted molar refractivity (Wildman–Crippen MR) is 162 cm³/mol. The molecule has 4 aromatic rings. The van der Waals surface area contributed by atoms with Crippen LogP contribution in [-0.4, -0.2) is 63.1 Å². The van der Waals surface area contributed by atoms with Crippen LogP contribution in [0.15, 0.2) is 65.8 Å². The number of sulfonamides is 1. The number of rotatable bonds is 11. The molecule has 1 aliphatic rings. The van der Waals surface area contributed by atoms with E-state index in [1.165, 1.54) is 33.0 Å². The maximum absolute atomic E-state index is 16.1. The van der Waals surface area contributed by atoms with Crippen LogP contribution >= 0.6 is 11.5 Å². The van der Waals surface area contributed by atoms with Gasteiger partial charge in [-0.05, 0) is 37.1 Å². The first-order chi connectivity index (χ1) is 20.6. The minimum absolute atomic E-state index is 0.00379. The molecule has 3 aromatic carbocycles. The Labute approximate surface area is 254 Å². The van der Waals surface area contributed by atoms with Gasteiger partial charge >= 0.3 is 0 Å². The number of likely N-dealkylation sites (tertiary alicyclic amines) is 1. The highest BCUT2D eigenvalue weighted by molar-refractivity contribution is 7.93. The predicted octanol–water partition coefficient (Wildman–Crippen LogP) is 5.25. The lowest BCUT2D eigenvalue weighted by atomic mass is 10.1. The summed E-state index contributed by atoms with van der Waals surface area (Å²) in [5, 5.41) is -0.0417. The Morgan fingerprint density at radius 1 is 1.09 bits per heavy atom. The summed E-state index contributed by atoms with van der Waals surface area (Å²) in [6, 6.07) is 16.1. The molecule has 13 heteroatoms. The van der Waals surface area contributed by atoms with Gasteiger partial charge in [-0.2, -0.15) is 4.37 Å². The Hall–Kier alpha value is -3.81. The summed E-state index contributed by atoms with van der Waals surface area (Å²) in [6.07, 6.45) is 1.99. The van der Waals surface area contributed by atoms with Gasteiger partial charge in [0.25, 0.3) is 10.0 Å². The zero-order valence-electron chi connectivity index (χ0n) is 24.3. The van der Waals surface area contributed by atoms with Gasteiger partial charge in [0.05, 0.1) is 20.8 Å². The van der Waals surface area contributed by atoms with E-state index in [-0.39, 0.29) is 23.3 Å². The van der Waals surface area contributed by atoms with Crippen LogP contribution in [0.4, 0.5) is 19.6 Å². The van der Waals surface area contributed by atoms with E-state index in [0.717, 1.165) is 41.4 Å². The number of nitrogens with zero attached hydrogens (tertiary/aromatic N) is 5. The number of halogens is 2. The topological polar surface area (TPSA) is 88.1 Å². The van der Waals surface area contributed by atoms with Gasteiger partial charge in [0, 0.05) is 67.1 Å². The molecule has 0 spiro atoms. The summed E-state index contributed by atoms with van der Waals surface area (Å²) >= 11 is 0.797. The second kappa shape index (κ2) is 12.8. The molecule has 0 saturated carbocycles. The quantitative estimate of drug-likeness (QED) is 0.223. The standard InChI is InChI=1S/C30H33F2N5O4S2/c1-20-26(35(2)23-12-13-36(18-23)16-21-8-6-5-7-9-21)15-25(31)29(28(20)32)43(38,39)37(30-33-19-34-42-30)17-22-10-11-24(40-3)14-27(22)41-4/h5-11,14-15,19,23H,12-13,16-18H2,1-4H3. The highest BCUT2D eigenvalue weighted by Crippen LogP contribution is 2.37. The molecule has 1 saturated heterocycles. The summed E-state index contributed by atoms with van der Waals surface area (Å²) in [4.78, 5) is 7.14. The maximum atomic E-state index is 16.1. The van der Waals surface area contributed by atoms with E-state index in [2.05, 4.69) is 26.4 Å². The van der Waals surface area contributed by atoms with Crippen molar-refractivity contribution in [3.05, 3.63) is 89.2 Å². The van der Waals surface area contributed by atoms with E-state index < -0.39 is 26.6 Å². The van der Waals surface area contributed by atoms with Gasteiger partial charge in [0.15, 0.2) is 10.7 Å². The Morgan fingerprint density at radius 3 is 2.53 bits per heavy atom. The van der Waals surface area contributed by atoms with Crippen molar-refractivity contribution < 1.29 is 26.7 Å². The first-order valence-electron chi connectivity index (χ1n) is 13.6. The van der Waals surface area contributed by atoms with Crippen molar-refractivity contribution in [3.63, 3.8) is 0 Å². The minimum Gasteiger partial charge on any atom is -0.497 e. The molecule has 43 heavy (non-hydrogen) atoms. The summed E-state index contributed by atoms with van der Waals surface area (Å²) in [6.45, 7) is 3.50. The van der Waals surface area contributed by atoms with Crippen LogP contribution in [-0.2, 0) is 23.1 Å². The highest BCUT2D eigenvalue weighted by atomic mass is 32.2. The van der Waals surface area contributed by atoms with Crippen LogP contribution in [0.25, 0.3) is 0 Å². The molecule has 0 bridgehead atoms. The van der Waals surface area contributed by atoms with Crippen LogP contribution in [0.2, 0.25) is 0 Å². The van der Waals surface area contributed by atoms with Crippen molar-refractivity contribution in [2.75, 3.05) is 43.6 Å². The fourth-order valence-corrected chi connectivity index (χ4v) is 7.67. The molecule has 2 heterocycles. The fourth-order valence-electron chi connectivity index (χ4n) is 5.37. The Kier molecular flexibility index (Phi) is 9.13. The molecule has 0 N–H and O–H groups in total. The van der Waals surface area contributed by atoms with Crippen molar-refractivity contribution >= 4 is 32.4 Å². The maximum Gasteiger partial charge on any atom is 0.272 e. The SMILES string of the molecule is COc1ccc(CN(c2ncns2)S(=O)(=O)c2c(F)cc(N(C)C3CCN(Cc4ccccc4)C3)c(C)c2F)c(OC)c1. The molecule has 1 fully saturated rings. The van der Waals surface area contributed by atoms with Gasteiger partial charge in [-0.3, -0.25) is 4.90 Å². The zero-order valence-corrected chi connectivity index (χ0v) is 26.0. The highest BCUT2D eigenvalue weighted by Gasteiger charge is 2.36. The van der Waals surface area contributed by atoms with Crippen molar-refractivity contribution in [1.29, 1.82) is 0 Å². The average molecular weight is 630 g/mol. The first-order valence-corrected chi connectivity index (χ1v) is 15.8. The first kappa shape index (κ1) is 30.6. The number of hydrogen-bond acceptors (Lipinski definition) is 9. The normalized spacial score (nSPS) is 15.4. The number of methoxy groups -OCH3 is 2. The van der Waals surface area contributed by atoms with E-state index in [9.17, 15) is 8.42 Å². The number of hydrogen-bond donors (Lipinski definition) is 0. The number of benzene rings is 3. The number of anilines is 2. The summed E-state index contributed by atoms with van der Waals surface area (Å²) < 4.78 is 75.3. The van der Waals surface area contributed by atoms with E-state index >= 15 is 8.78 Å². The second-order valence-corrected chi connectivity index (χ2v) is 12.9. The van der Waals surface area contributed by atoms with Crippen LogP contribution in [0.3, 0.4) is 0 Å². The molecule has 1 unspecified atom stereocenters. The second-order valence-electron chi connectivity index (χ2n) is 10.3. The monoisotopic (exact) mass is 629 g/mol. The van der Waals surface area contributed by atoms with E-state index in [0.29, 0.717) is 29.3 Å². The lowest BCUT2D eigenvalue weighted by Gasteiger charge is -2.30. The minimum atomic E-state index is -4.77. The molecule has 1 atom stereocenters. The van der Waals surface area contributed by atoms with Gasteiger partial charge < -0.3 is 14.4 Å². The smallest absolute Gasteiger partial charge is 0.272 e. The van der Waals surface area contributed by atoms with Gasteiger partial charge in [0.1, 0.15) is 23.6 Å². The molecular weight excluding hydrogens is 596 g/mol. The van der Waals surface area contributed by atoms with Crippen molar-refractivity contribution in [1.82, 2.24) is 14.3 Å². The van der Waals surface area contributed by atoms with Gasteiger partial charge in [0.2, 0.25) is 5.13 Å². The van der Waals surface area contributed by atoms with Crippen molar-refractivity contribution in [2.24, 2.45) is 0 Å². The molecule has 0 aliphatic carbocycles. The molecule has 1 aromatic heterocycles. The Balaban J connectivity index is 1.45. The molecule has 1 aliphatic heterocycles. The summed E-state index contributed by atoms with van der Waals surface area (Å²) in [5.41, 5.74) is 1.99. The van der Waals surface area contributed by atoms with Crippen LogP contribution in [0.5, 0.6) is 11.5 Å². The average Bonchev–Trinajstić information content (AvgIpc) is 3.70. The molecule has 228 valence electrons. The largest absolute Gasteiger partial charge is 0.497 e. The number of ether oxygens (including phenoxy) is 2. The number of likely N-dealkylation sites (N-methyl/N-ethyl adjacent to an activating group) is 1. The molecule has 0 amide bonds. The third-order valence-electron chi connectivity index (χ3n) is 7.74. The van der Waals surface area contributed by atoms with Crippen molar-refractivity contribution in [2.45, 2.75) is 37.4 Å². The summed E-state index contributed by atoms with van der Waals surface area (Å²) in [7, 11) is -0.0560. The van der Waals surface area contributed by atoms with Crippen LogP contribution in [0.1, 0.15) is 23.1 Å². The number of aromatic nitrogens is 2. The van der Waals surface area contributed by atoms with E-state index in [1.807, 2.05) is 23.1 Å². The molecule has 9 nitrogen and oxygen atoms in total. The molecular formula is C30H33F2N5O4S2. The summed E-state index contributed by atoms with van der Waals surface area (Å²) in [5.74, 6) is -1.47. The third kappa shape index (κ3) is 6.29. The Morgan fingerprint density at radius 2 is 1.86 bits per heavy atom. The van der Waals surface area contributed by atoms with Gasteiger partial charge in [-0.1, -0.05) is 30.3 Å². The fraction of sp³-hybridized carbons (Fsp3) is 0.333. The lowest BCUT2D eigenvalue weighted by molar-refractivity contribution is 0.326. The van der Waals surface area contributed by atoms with Crippen molar-refractivity contribution in [3.8, 4) is 11.5 Å². The van der Waals surface area contributed by atoms with Crippen LogP contribution < -0.4 is 18.7 Å². The van der Waals surface area contributed by atoms with Gasteiger partial charge in [-0.25, -0.2) is 26.5 Å². The van der Waals surface area contributed by atoms with E-state index in [1.54, 1.807) is 25.2 Å². The van der Waals surface area contributed by atoms with Crippen LogP contribution in [0, 0.1) is 18.6 Å². The Bertz CT molecular complexity index is 1670. The van der Waals surface area contributed by atoms with Gasteiger partial charge in [-0.15, -0.1) is 0 Å². The molecule has 0 radical (unpaired) electrons. The molecule has 5 rings (SSSR count). The van der Waals surface area contributed by atoms with E-state index in [4.69, 9.17) is 9.47 Å². The lowest BCUT2D eigenvalue weighted by Crippen LogP contribution is -2.36. The zero-order chi connectivity index (χ0) is 30.7. The third-order valence-corrected chi connectivity index (χ3v) is 10.3.